The number of pyridine rings is 1. The maximum atomic E-state index is 12.9. The first-order chi connectivity index (χ1) is 16.8. The van der Waals surface area contributed by atoms with Crippen molar-refractivity contribution in [2.75, 3.05) is 17.7 Å². The molecule has 0 aliphatic heterocycles. The van der Waals surface area contributed by atoms with Crippen LogP contribution in [0, 0.1) is 0 Å². The molecule has 0 atom stereocenters. The van der Waals surface area contributed by atoms with E-state index >= 15 is 0 Å². The van der Waals surface area contributed by atoms with Crippen LogP contribution in [0.25, 0.3) is 10.8 Å². The molecule has 180 valence electrons. The van der Waals surface area contributed by atoms with E-state index in [-0.39, 0.29) is 11.1 Å². The van der Waals surface area contributed by atoms with Gasteiger partial charge in [0.1, 0.15) is 5.69 Å². The Hall–Kier alpha value is -4.13. The number of aromatic amines is 1. The van der Waals surface area contributed by atoms with Crippen molar-refractivity contribution in [2.24, 2.45) is 0 Å². The molecule has 2 amide bonds. The molecule has 0 saturated heterocycles. The van der Waals surface area contributed by atoms with Crippen molar-refractivity contribution in [3.63, 3.8) is 0 Å². The number of anilines is 2. The number of esters is 1. The molecule has 0 bridgehead atoms. The molecule has 3 N–H and O–H groups in total. The molecule has 0 fully saturated rings. The number of H-pyrrole nitrogens is 1. The van der Waals surface area contributed by atoms with Gasteiger partial charge in [-0.05, 0) is 53.6 Å². The molecule has 7 nitrogen and oxygen atoms in total. The van der Waals surface area contributed by atoms with Crippen LogP contribution in [0.2, 0.25) is 0 Å². The number of urea groups is 1. The Morgan fingerprint density at radius 3 is 2.29 bits per heavy atom. The van der Waals surface area contributed by atoms with Gasteiger partial charge >= 0.3 is 12.0 Å². The molecular weight excluding hydrogens is 440 g/mol. The number of benzene rings is 2. The number of hydrogen-bond acceptors (Lipinski definition) is 4. The van der Waals surface area contributed by atoms with E-state index in [4.69, 9.17) is 4.74 Å². The van der Waals surface area contributed by atoms with Crippen molar-refractivity contribution >= 4 is 34.1 Å². The van der Waals surface area contributed by atoms with Crippen molar-refractivity contribution in [2.45, 2.75) is 39.0 Å². The fourth-order valence-corrected chi connectivity index (χ4v) is 4.01. The van der Waals surface area contributed by atoms with Crippen LogP contribution in [0.15, 0.2) is 67.0 Å². The SMILES string of the molecule is COC(=O)c1[nH]c(C(C)(C)C)cc1NC(=O)Nc1ccc(CCc2ccncc2)c2ccccc12. The molecular formula is C28H30N4O3. The lowest BCUT2D eigenvalue weighted by Gasteiger charge is -2.15. The molecule has 7 heteroatoms. The highest BCUT2D eigenvalue weighted by atomic mass is 16.5. The fourth-order valence-electron chi connectivity index (χ4n) is 4.01. The molecule has 0 unspecified atom stereocenters. The minimum atomic E-state index is -0.542. The standard InChI is InChI=1S/C28H30N4O3/c1-28(2,3)24-17-23(25(32-24)26(33)35-4)31-27(34)30-22-12-11-19(20-7-5-6-8-21(20)22)10-9-18-13-15-29-16-14-18/h5-8,11-17,32H,9-10H2,1-4H3,(H2,30,31,34). The number of nitrogens with one attached hydrogen (secondary N) is 3. The lowest BCUT2D eigenvalue weighted by molar-refractivity contribution is 0.0595. The predicted molar refractivity (Wildman–Crippen MR) is 139 cm³/mol. The minimum absolute atomic E-state index is 0.212. The van der Waals surface area contributed by atoms with E-state index in [1.165, 1.54) is 18.2 Å². The van der Waals surface area contributed by atoms with Crippen molar-refractivity contribution in [1.29, 1.82) is 0 Å². The largest absolute Gasteiger partial charge is 0.464 e. The Morgan fingerprint density at radius 2 is 1.60 bits per heavy atom. The maximum absolute atomic E-state index is 12.9. The first-order valence-corrected chi connectivity index (χ1v) is 11.6. The van der Waals surface area contributed by atoms with Gasteiger partial charge in [-0.1, -0.05) is 51.1 Å². The van der Waals surface area contributed by atoms with Crippen LogP contribution in [0.3, 0.4) is 0 Å². The van der Waals surface area contributed by atoms with Crippen LogP contribution in [-0.2, 0) is 23.0 Å². The summed E-state index contributed by atoms with van der Waals surface area (Å²) in [5.74, 6) is -0.542. The maximum Gasteiger partial charge on any atom is 0.356 e. The van der Waals surface area contributed by atoms with E-state index in [1.54, 1.807) is 18.5 Å². The molecule has 2 heterocycles. The van der Waals surface area contributed by atoms with Gasteiger partial charge in [-0.2, -0.15) is 0 Å². The van der Waals surface area contributed by atoms with Gasteiger partial charge in [0.2, 0.25) is 0 Å². The number of carbonyl (C=O) groups excluding carboxylic acids is 2. The first kappa shape index (κ1) is 24.0. The van der Waals surface area contributed by atoms with Crippen LogP contribution in [0.4, 0.5) is 16.2 Å². The van der Waals surface area contributed by atoms with E-state index in [1.807, 2.05) is 63.2 Å². The number of fused-ring (bicyclic) bond motifs is 1. The number of aromatic nitrogens is 2. The summed E-state index contributed by atoms with van der Waals surface area (Å²) in [7, 11) is 1.31. The van der Waals surface area contributed by atoms with Gasteiger partial charge in [-0.25, -0.2) is 9.59 Å². The molecule has 4 rings (SSSR count). The summed E-state index contributed by atoms with van der Waals surface area (Å²) in [4.78, 5) is 32.4. The van der Waals surface area contributed by atoms with E-state index < -0.39 is 12.0 Å². The first-order valence-electron chi connectivity index (χ1n) is 11.6. The number of rotatable bonds is 6. The van der Waals surface area contributed by atoms with Gasteiger partial charge in [0.25, 0.3) is 0 Å². The van der Waals surface area contributed by atoms with Crippen LogP contribution in [-0.4, -0.2) is 29.1 Å². The van der Waals surface area contributed by atoms with Crippen LogP contribution in [0.5, 0.6) is 0 Å². The average molecular weight is 471 g/mol. The normalized spacial score (nSPS) is 11.3. The van der Waals surface area contributed by atoms with Crippen molar-refractivity contribution in [3.05, 3.63) is 89.5 Å². The highest BCUT2D eigenvalue weighted by Gasteiger charge is 2.24. The summed E-state index contributed by atoms with van der Waals surface area (Å²) in [6, 6.07) is 17.4. The Bertz CT molecular complexity index is 1350. The molecule has 2 aromatic heterocycles. The topological polar surface area (TPSA) is 96.1 Å². The van der Waals surface area contributed by atoms with E-state index in [9.17, 15) is 9.59 Å². The van der Waals surface area contributed by atoms with Crippen molar-refractivity contribution < 1.29 is 14.3 Å². The third kappa shape index (κ3) is 5.51. The lowest BCUT2D eigenvalue weighted by Crippen LogP contribution is -2.21. The summed E-state index contributed by atoms with van der Waals surface area (Å²) < 4.78 is 4.88. The van der Waals surface area contributed by atoms with Crippen molar-refractivity contribution in [1.82, 2.24) is 9.97 Å². The summed E-state index contributed by atoms with van der Waals surface area (Å²) in [5, 5.41) is 7.79. The second-order valence-corrected chi connectivity index (χ2v) is 9.47. The molecule has 0 saturated carbocycles. The minimum Gasteiger partial charge on any atom is -0.464 e. The highest BCUT2D eigenvalue weighted by Crippen LogP contribution is 2.30. The van der Waals surface area contributed by atoms with E-state index in [0.717, 1.165) is 29.3 Å². The molecule has 2 aromatic carbocycles. The Kier molecular flexibility index (Phi) is 6.87. The van der Waals surface area contributed by atoms with Crippen LogP contribution in [0.1, 0.15) is 48.1 Å². The monoisotopic (exact) mass is 470 g/mol. The molecule has 35 heavy (non-hydrogen) atoms. The third-order valence-corrected chi connectivity index (χ3v) is 5.96. The average Bonchev–Trinajstić information content (AvgIpc) is 3.28. The fraction of sp³-hybridized carbons (Fsp3) is 0.250. The second kappa shape index (κ2) is 10.0. The Morgan fingerprint density at radius 1 is 0.914 bits per heavy atom. The van der Waals surface area contributed by atoms with Gasteiger partial charge in [-0.15, -0.1) is 0 Å². The molecule has 0 spiro atoms. The number of hydrogen-bond donors (Lipinski definition) is 3. The number of nitrogens with zero attached hydrogens (tertiary/aromatic N) is 1. The lowest BCUT2D eigenvalue weighted by atomic mass is 9.92. The number of methoxy groups -OCH3 is 1. The Balaban J connectivity index is 1.56. The summed E-state index contributed by atoms with van der Waals surface area (Å²) >= 11 is 0. The zero-order chi connectivity index (χ0) is 25.0. The number of carbonyl (C=O) groups is 2. The summed E-state index contributed by atoms with van der Waals surface area (Å²) in [5.41, 5.74) is 4.29. The zero-order valence-electron chi connectivity index (χ0n) is 20.4. The quantitative estimate of drug-likeness (QED) is 0.298. The van der Waals surface area contributed by atoms with Crippen LogP contribution >= 0.6 is 0 Å². The highest BCUT2D eigenvalue weighted by molar-refractivity contribution is 6.08. The third-order valence-electron chi connectivity index (χ3n) is 5.96. The van der Waals surface area contributed by atoms with Gasteiger partial charge < -0.3 is 20.4 Å². The zero-order valence-corrected chi connectivity index (χ0v) is 20.4. The van der Waals surface area contributed by atoms with Gasteiger partial charge in [-0.3, -0.25) is 4.98 Å². The summed E-state index contributed by atoms with van der Waals surface area (Å²) in [6.07, 6.45) is 5.39. The molecule has 0 aliphatic rings. The van der Waals surface area contributed by atoms with E-state index in [0.29, 0.717) is 11.4 Å². The number of aryl methyl sites for hydroxylation is 2. The number of ether oxygens (including phenoxy) is 1. The molecule has 0 aliphatic carbocycles. The van der Waals surface area contributed by atoms with Gasteiger partial charge in [0.05, 0.1) is 18.5 Å². The number of amides is 2. The molecule has 4 aromatic rings. The van der Waals surface area contributed by atoms with Crippen molar-refractivity contribution in [3.8, 4) is 0 Å². The van der Waals surface area contributed by atoms with E-state index in [2.05, 4.69) is 26.7 Å². The summed E-state index contributed by atoms with van der Waals surface area (Å²) in [6.45, 7) is 6.06. The van der Waals surface area contributed by atoms with Gasteiger partial charge in [0.15, 0.2) is 0 Å². The second-order valence-electron chi connectivity index (χ2n) is 9.47. The smallest absolute Gasteiger partial charge is 0.356 e. The molecule has 0 radical (unpaired) electrons. The Labute approximate surface area is 204 Å². The van der Waals surface area contributed by atoms with Gasteiger partial charge in [0, 0.05) is 28.9 Å². The predicted octanol–water partition coefficient (Wildman–Crippen LogP) is 6.08. The van der Waals surface area contributed by atoms with Crippen LogP contribution < -0.4 is 10.6 Å².